The fourth-order valence-electron chi connectivity index (χ4n) is 3.14. The normalized spacial score (nSPS) is 16.5. The van der Waals surface area contributed by atoms with Crippen LogP contribution in [0.3, 0.4) is 0 Å². The number of amides is 1. The van der Waals surface area contributed by atoms with E-state index in [4.69, 9.17) is 4.74 Å². The maximum atomic E-state index is 12.1. The van der Waals surface area contributed by atoms with E-state index < -0.39 is 0 Å². The van der Waals surface area contributed by atoms with E-state index in [1.54, 1.807) is 29.7 Å². The zero-order chi connectivity index (χ0) is 19.5. The van der Waals surface area contributed by atoms with Gasteiger partial charge in [-0.15, -0.1) is 0 Å². The summed E-state index contributed by atoms with van der Waals surface area (Å²) in [4.78, 5) is 26.6. The first-order valence-electron chi connectivity index (χ1n) is 9.22. The molecular formula is C20H22N6O2. The molecule has 8 nitrogen and oxygen atoms in total. The predicted molar refractivity (Wildman–Crippen MR) is 105 cm³/mol. The Balaban J connectivity index is 1.44. The Bertz CT molecular complexity index is 940. The average Bonchev–Trinajstić information content (AvgIpc) is 3.37. The van der Waals surface area contributed by atoms with Gasteiger partial charge in [0.25, 0.3) is 0 Å². The summed E-state index contributed by atoms with van der Waals surface area (Å²) in [5, 5.41) is 3.22. The molecule has 0 radical (unpaired) electrons. The molecule has 144 valence electrons. The first kappa shape index (κ1) is 18.0. The molecule has 3 aromatic rings. The number of hydrogen-bond donors (Lipinski definition) is 1. The van der Waals surface area contributed by atoms with Crippen LogP contribution in [-0.2, 0) is 11.3 Å². The standard InChI is InChI=1S/C20H22N6O2/c1-14(2)17-12-28-20(27)26(17)18-7-8-22-19(24-18)23-11-15-3-5-16(6-4-15)25-10-9-21-13-25/h3-10,13-14,17H,11-12H2,1-2H3,(H,22,23,24). The molecule has 0 spiro atoms. The topological polar surface area (TPSA) is 85.2 Å². The summed E-state index contributed by atoms with van der Waals surface area (Å²) < 4.78 is 7.15. The van der Waals surface area contributed by atoms with Crippen molar-refractivity contribution in [3.05, 3.63) is 60.8 Å². The SMILES string of the molecule is CC(C)C1COC(=O)N1c1ccnc(NCc2ccc(-n3ccnc3)cc2)n1. The molecular weight excluding hydrogens is 356 g/mol. The average molecular weight is 378 g/mol. The molecule has 4 rings (SSSR count). The molecule has 1 saturated heterocycles. The van der Waals surface area contributed by atoms with E-state index in [0.717, 1.165) is 11.3 Å². The Morgan fingerprint density at radius 3 is 2.75 bits per heavy atom. The van der Waals surface area contributed by atoms with Gasteiger partial charge in [-0.2, -0.15) is 4.98 Å². The van der Waals surface area contributed by atoms with Crippen molar-refractivity contribution in [1.82, 2.24) is 19.5 Å². The van der Waals surface area contributed by atoms with Crippen LogP contribution in [0.2, 0.25) is 0 Å². The maximum absolute atomic E-state index is 12.1. The molecule has 1 fully saturated rings. The number of nitrogens with zero attached hydrogens (tertiary/aromatic N) is 5. The van der Waals surface area contributed by atoms with E-state index in [2.05, 4.69) is 34.1 Å². The Kier molecular flexibility index (Phi) is 4.92. The molecule has 28 heavy (non-hydrogen) atoms. The second-order valence-corrected chi connectivity index (χ2v) is 6.99. The van der Waals surface area contributed by atoms with Crippen molar-refractivity contribution >= 4 is 17.9 Å². The van der Waals surface area contributed by atoms with Crippen LogP contribution in [0.4, 0.5) is 16.6 Å². The smallest absolute Gasteiger partial charge is 0.415 e. The monoisotopic (exact) mass is 378 g/mol. The lowest BCUT2D eigenvalue weighted by Crippen LogP contribution is -2.37. The third-order valence-corrected chi connectivity index (χ3v) is 4.75. The van der Waals surface area contributed by atoms with E-state index in [-0.39, 0.29) is 18.1 Å². The lowest BCUT2D eigenvalue weighted by Gasteiger charge is -2.23. The molecule has 1 unspecified atom stereocenters. The van der Waals surface area contributed by atoms with Crippen molar-refractivity contribution in [2.75, 3.05) is 16.8 Å². The van der Waals surface area contributed by atoms with E-state index in [0.29, 0.717) is 24.9 Å². The minimum Gasteiger partial charge on any atom is -0.447 e. The molecule has 1 atom stereocenters. The number of nitrogens with one attached hydrogen (secondary N) is 1. The van der Waals surface area contributed by atoms with Crippen LogP contribution in [0.15, 0.2) is 55.2 Å². The summed E-state index contributed by atoms with van der Waals surface area (Å²) in [5.41, 5.74) is 2.14. The van der Waals surface area contributed by atoms with Gasteiger partial charge in [0.15, 0.2) is 0 Å². The lowest BCUT2D eigenvalue weighted by atomic mass is 10.0. The molecule has 0 saturated carbocycles. The summed E-state index contributed by atoms with van der Waals surface area (Å²) in [6, 6.07) is 9.85. The number of rotatable bonds is 6. The first-order chi connectivity index (χ1) is 13.6. The van der Waals surface area contributed by atoms with Gasteiger partial charge in [-0.1, -0.05) is 26.0 Å². The molecule has 1 aliphatic heterocycles. The van der Waals surface area contributed by atoms with Crippen molar-refractivity contribution in [3.8, 4) is 5.69 Å². The molecule has 8 heteroatoms. The molecule has 1 aromatic carbocycles. The second-order valence-electron chi connectivity index (χ2n) is 6.99. The van der Waals surface area contributed by atoms with E-state index >= 15 is 0 Å². The Morgan fingerprint density at radius 2 is 2.04 bits per heavy atom. The van der Waals surface area contributed by atoms with Gasteiger partial charge in [-0.25, -0.2) is 14.8 Å². The number of imidazole rings is 1. The highest BCUT2D eigenvalue weighted by molar-refractivity contribution is 5.89. The number of aromatic nitrogens is 4. The van der Waals surface area contributed by atoms with Gasteiger partial charge < -0.3 is 14.6 Å². The van der Waals surface area contributed by atoms with Crippen LogP contribution in [0, 0.1) is 5.92 Å². The fraction of sp³-hybridized carbons (Fsp3) is 0.300. The van der Waals surface area contributed by atoms with Crippen LogP contribution >= 0.6 is 0 Å². The van der Waals surface area contributed by atoms with Crippen molar-refractivity contribution in [1.29, 1.82) is 0 Å². The lowest BCUT2D eigenvalue weighted by molar-refractivity contribution is 0.177. The highest BCUT2D eigenvalue weighted by Crippen LogP contribution is 2.25. The third kappa shape index (κ3) is 3.66. The summed E-state index contributed by atoms with van der Waals surface area (Å²) in [6.07, 6.45) is 6.70. The van der Waals surface area contributed by atoms with Gasteiger partial charge >= 0.3 is 6.09 Å². The third-order valence-electron chi connectivity index (χ3n) is 4.75. The van der Waals surface area contributed by atoms with Crippen molar-refractivity contribution < 1.29 is 9.53 Å². The maximum Gasteiger partial charge on any atom is 0.415 e. The molecule has 1 aliphatic rings. The van der Waals surface area contributed by atoms with Gasteiger partial charge in [-0.3, -0.25) is 4.90 Å². The Morgan fingerprint density at radius 1 is 1.21 bits per heavy atom. The Hall–Kier alpha value is -3.42. The summed E-state index contributed by atoms with van der Waals surface area (Å²) in [5.74, 6) is 1.29. The largest absolute Gasteiger partial charge is 0.447 e. The number of cyclic esters (lactones) is 1. The quantitative estimate of drug-likeness (QED) is 0.709. The zero-order valence-corrected chi connectivity index (χ0v) is 15.8. The molecule has 1 N–H and O–H groups in total. The first-order valence-corrected chi connectivity index (χ1v) is 9.22. The van der Waals surface area contributed by atoms with Gasteiger partial charge in [0.2, 0.25) is 5.95 Å². The highest BCUT2D eigenvalue weighted by atomic mass is 16.6. The fourth-order valence-corrected chi connectivity index (χ4v) is 3.14. The van der Waals surface area contributed by atoms with Crippen LogP contribution in [-0.4, -0.2) is 38.3 Å². The van der Waals surface area contributed by atoms with Gasteiger partial charge in [0, 0.05) is 30.8 Å². The number of hydrogen-bond acceptors (Lipinski definition) is 6. The van der Waals surface area contributed by atoms with Crippen LogP contribution in [0.1, 0.15) is 19.4 Å². The minimum atomic E-state index is -0.363. The summed E-state index contributed by atoms with van der Waals surface area (Å²) in [6.45, 7) is 5.08. The number of anilines is 2. The number of carbonyl (C=O) groups excluding carboxylic acids is 1. The number of benzene rings is 1. The van der Waals surface area contributed by atoms with Gasteiger partial charge in [0.1, 0.15) is 12.4 Å². The molecule has 3 heterocycles. The van der Waals surface area contributed by atoms with E-state index in [1.165, 1.54) is 0 Å². The van der Waals surface area contributed by atoms with E-state index in [9.17, 15) is 4.79 Å². The second kappa shape index (κ2) is 7.67. The molecule has 0 aliphatic carbocycles. The number of carbonyl (C=O) groups is 1. The Labute approximate surface area is 163 Å². The van der Waals surface area contributed by atoms with Crippen LogP contribution in [0.5, 0.6) is 0 Å². The molecule has 2 aromatic heterocycles. The molecule has 0 bridgehead atoms. The summed E-state index contributed by atoms with van der Waals surface area (Å²) >= 11 is 0. The predicted octanol–water partition coefficient (Wildman–Crippen LogP) is 3.26. The van der Waals surface area contributed by atoms with Gasteiger partial charge in [-0.05, 0) is 29.7 Å². The minimum absolute atomic E-state index is 0.0222. The number of ether oxygens (including phenoxy) is 1. The van der Waals surface area contributed by atoms with E-state index in [1.807, 2.05) is 35.0 Å². The van der Waals surface area contributed by atoms with Crippen LogP contribution in [0.25, 0.3) is 5.69 Å². The zero-order valence-electron chi connectivity index (χ0n) is 15.8. The van der Waals surface area contributed by atoms with Crippen molar-refractivity contribution in [2.45, 2.75) is 26.4 Å². The van der Waals surface area contributed by atoms with Crippen molar-refractivity contribution in [3.63, 3.8) is 0 Å². The highest BCUT2D eigenvalue weighted by Gasteiger charge is 2.37. The summed E-state index contributed by atoms with van der Waals surface area (Å²) in [7, 11) is 0. The van der Waals surface area contributed by atoms with Crippen LogP contribution < -0.4 is 10.2 Å². The molecule has 1 amide bonds. The van der Waals surface area contributed by atoms with Gasteiger partial charge in [0.05, 0.1) is 12.4 Å². The van der Waals surface area contributed by atoms with Crippen molar-refractivity contribution in [2.24, 2.45) is 5.92 Å².